The molecule has 0 bridgehead atoms. The quantitative estimate of drug-likeness (QED) is 0.717. The molecule has 2 aromatic rings. The molecule has 0 radical (unpaired) electrons. The number of nitrogens with one attached hydrogen (secondary N) is 1. The van der Waals surface area contributed by atoms with Gasteiger partial charge >= 0.3 is 0 Å². The van der Waals surface area contributed by atoms with E-state index in [-0.39, 0.29) is 23.8 Å². The van der Waals surface area contributed by atoms with E-state index in [0.29, 0.717) is 24.6 Å². The molecule has 0 aromatic heterocycles. The third kappa shape index (κ3) is 4.85. The number of likely N-dealkylation sites (N-methyl/N-ethyl adjacent to an activating group) is 1. The maximum absolute atomic E-state index is 12.7. The monoisotopic (exact) mass is 433 g/mol. The van der Waals surface area contributed by atoms with Crippen molar-refractivity contribution in [2.75, 3.05) is 45.8 Å². The van der Waals surface area contributed by atoms with Crippen LogP contribution in [0.2, 0.25) is 0 Å². The maximum Gasteiger partial charge on any atom is 0.240 e. The van der Waals surface area contributed by atoms with Gasteiger partial charge in [0.25, 0.3) is 0 Å². The number of hydrogen-bond donors (Lipinski definition) is 1. The summed E-state index contributed by atoms with van der Waals surface area (Å²) in [6.07, 6.45) is 0.0817. The van der Waals surface area contributed by atoms with Gasteiger partial charge in [0.2, 0.25) is 15.9 Å². The van der Waals surface area contributed by atoms with Crippen LogP contribution in [0.5, 0.6) is 11.5 Å². The van der Waals surface area contributed by atoms with E-state index in [1.54, 1.807) is 4.90 Å². The minimum atomic E-state index is -3.77. The smallest absolute Gasteiger partial charge is 0.240 e. The van der Waals surface area contributed by atoms with Gasteiger partial charge < -0.3 is 19.3 Å². The van der Waals surface area contributed by atoms with E-state index in [4.69, 9.17) is 9.47 Å². The van der Waals surface area contributed by atoms with Crippen LogP contribution in [0.3, 0.4) is 0 Å². The van der Waals surface area contributed by atoms with Crippen LogP contribution in [0.15, 0.2) is 47.4 Å². The summed E-state index contributed by atoms with van der Waals surface area (Å²) in [4.78, 5) is 16.7. The number of ether oxygens (including phenoxy) is 2. The SMILES string of the molecule is COc1ccc(S(=O)(=O)NCCC(=O)N2CCN(C)c3ccccc3C2)cc1OC. The van der Waals surface area contributed by atoms with Gasteiger partial charge in [-0.25, -0.2) is 13.1 Å². The Bertz CT molecular complexity index is 1010. The number of methoxy groups -OCH3 is 2. The van der Waals surface area contributed by atoms with Crippen molar-refractivity contribution in [3.8, 4) is 11.5 Å². The van der Waals surface area contributed by atoms with Gasteiger partial charge in [0.1, 0.15) is 0 Å². The molecule has 162 valence electrons. The van der Waals surface area contributed by atoms with Gasteiger partial charge in [0.05, 0.1) is 19.1 Å². The van der Waals surface area contributed by atoms with E-state index in [1.807, 2.05) is 31.3 Å². The van der Waals surface area contributed by atoms with Crippen LogP contribution in [0.4, 0.5) is 5.69 Å². The van der Waals surface area contributed by atoms with Gasteiger partial charge in [-0.05, 0) is 23.8 Å². The van der Waals surface area contributed by atoms with Crippen LogP contribution < -0.4 is 19.1 Å². The molecule has 2 aromatic carbocycles. The molecule has 0 saturated carbocycles. The van der Waals surface area contributed by atoms with Crippen LogP contribution in [0, 0.1) is 0 Å². The van der Waals surface area contributed by atoms with E-state index in [0.717, 1.165) is 17.8 Å². The van der Waals surface area contributed by atoms with Crippen LogP contribution in [-0.2, 0) is 21.4 Å². The van der Waals surface area contributed by atoms with E-state index in [9.17, 15) is 13.2 Å². The molecule has 0 unspecified atom stereocenters. The fraction of sp³-hybridized carbons (Fsp3) is 0.381. The second-order valence-electron chi connectivity index (χ2n) is 7.03. The molecule has 1 heterocycles. The Hall–Kier alpha value is -2.78. The number of rotatable bonds is 7. The molecule has 0 fully saturated rings. The first-order valence-electron chi connectivity index (χ1n) is 9.64. The number of hydrogen-bond acceptors (Lipinski definition) is 6. The summed E-state index contributed by atoms with van der Waals surface area (Å²) in [7, 11) is 1.15. The fourth-order valence-corrected chi connectivity index (χ4v) is 4.47. The number of nitrogens with zero attached hydrogens (tertiary/aromatic N) is 2. The van der Waals surface area contributed by atoms with Crippen molar-refractivity contribution in [1.29, 1.82) is 0 Å². The summed E-state index contributed by atoms with van der Waals surface area (Å²) in [5.74, 6) is 0.678. The third-order valence-electron chi connectivity index (χ3n) is 5.12. The normalized spacial score (nSPS) is 14.1. The number of amides is 1. The minimum Gasteiger partial charge on any atom is -0.493 e. The highest BCUT2D eigenvalue weighted by molar-refractivity contribution is 7.89. The Balaban J connectivity index is 1.61. The molecular formula is C21H27N3O5S. The Morgan fingerprint density at radius 3 is 2.53 bits per heavy atom. The lowest BCUT2D eigenvalue weighted by atomic mass is 10.1. The predicted octanol–water partition coefficient (Wildman–Crippen LogP) is 1.85. The molecule has 0 atom stereocenters. The minimum absolute atomic E-state index is 0.0174. The number of carbonyl (C=O) groups excluding carboxylic acids is 1. The number of benzene rings is 2. The van der Waals surface area contributed by atoms with Crippen molar-refractivity contribution in [3.05, 3.63) is 48.0 Å². The number of sulfonamides is 1. The second-order valence-corrected chi connectivity index (χ2v) is 8.80. The van der Waals surface area contributed by atoms with Gasteiger partial charge in [0.15, 0.2) is 11.5 Å². The number of anilines is 1. The first kappa shape index (κ1) is 21.9. The lowest BCUT2D eigenvalue weighted by molar-refractivity contribution is -0.131. The van der Waals surface area contributed by atoms with E-state index in [1.165, 1.54) is 32.4 Å². The molecule has 1 aliphatic heterocycles. The van der Waals surface area contributed by atoms with Gasteiger partial charge in [-0.1, -0.05) is 18.2 Å². The average molecular weight is 434 g/mol. The Morgan fingerprint density at radius 2 is 1.80 bits per heavy atom. The molecule has 1 aliphatic rings. The van der Waals surface area contributed by atoms with Crippen molar-refractivity contribution >= 4 is 21.6 Å². The Morgan fingerprint density at radius 1 is 1.07 bits per heavy atom. The standard InChI is InChI=1S/C21H27N3O5S/c1-23-12-13-24(15-16-6-4-5-7-18(16)23)21(25)10-11-22-30(26,27)17-8-9-19(28-2)20(14-17)29-3/h4-9,14,22H,10-13,15H2,1-3H3. The Labute approximate surface area is 177 Å². The van der Waals surface area contributed by atoms with Gasteiger partial charge in [-0.2, -0.15) is 0 Å². The first-order chi connectivity index (χ1) is 14.4. The predicted molar refractivity (Wildman–Crippen MR) is 114 cm³/mol. The van der Waals surface area contributed by atoms with Crippen LogP contribution in [0.25, 0.3) is 0 Å². The third-order valence-corrected chi connectivity index (χ3v) is 6.58. The topological polar surface area (TPSA) is 88.2 Å². The van der Waals surface area contributed by atoms with Crippen molar-refractivity contribution in [3.63, 3.8) is 0 Å². The Kier molecular flexibility index (Phi) is 6.84. The summed E-state index contributed by atoms with van der Waals surface area (Å²) in [6.45, 7) is 1.85. The number of para-hydroxylation sites is 1. The van der Waals surface area contributed by atoms with E-state index < -0.39 is 10.0 Å². The van der Waals surface area contributed by atoms with Crippen LogP contribution >= 0.6 is 0 Å². The molecule has 9 heteroatoms. The zero-order valence-electron chi connectivity index (χ0n) is 17.4. The summed E-state index contributed by atoms with van der Waals surface area (Å²) in [6, 6.07) is 12.4. The van der Waals surface area contributed by atoms with Crippen LogP contribution in [-0.4, -0.2) is 60.1 Å². The van der Waals surface area contributed by atoms with Crippen molar-refractivity contribution in [2.24, 2.45) is 0 Å². The van der Waals surface area contributed by atoms with E-state index >= 15 is 0 Å². The largest absolute Gasteiger partial charge is 0.493 e. The van der Waals surface area contributed by atoms with Crippen molar-refractivity contribution in [2.45, 2.75) is 17.9 Å². The van der Waals surface area contributed by atoms with Gasteiger partial charge in [-0.15, -0.1) is 0 Å². The lowest BCUT2D eigenvalue weighted by Gasteiger charge is -2.21. The lowest BCUT2D eigenvalue weighted by Crippen LogP contribution is -2.36. The average Bonchev–Trinajstić information content (AvgIpc) is 2.92. The summed E-state index contributed by atoms with van der Waals surface area (Å²) < 4.78 is 38.0. The molecule has 30 heavy (non-hydrogen) atoms. The van der Waals surface area contributed by atoms with Gasteiger partial charge in [0, 0.05) is 51.4 Å². The van der Waals surface area contributed by atoms with E-state index in [2.05, 4.69) is 9.62 Å². The maximum atomic E-state index is 12.7. The fourth-order valence-electron chi connectivity index (χ4n) is 3.42. The first-order valence-corrected chi connectivity index (χ1v) is 11.1. The molecule has 0 aliphatic carbocycles. The molecule has 1 N–H and O–H groups in total. The highest BCUT2D eigenvalue weighted by Crippen LogP contribution is 2.29. The van der Waals surface area contributed by atoms with Crippen LogP contribution in [0.1, 0.15) is 12.0 Å². The number of fused-ring (bicyclic) bond motifs is 1. The molecular weight excluding hydrogens is 406 g/mol. The highest BCUT2D eigenvalue weighted by Gasteiger charge is 2.22. The molecule has 0 spiro atoms. The molecule has 8 nitrogen and oxygen atoms in total. The zero-order valence-corrected chi connectivity index (χ0v) is 18.2. The molecule has 3 rings (SSSR count). The second kappa shape index (κ2) is 9.36. The highest BCUT2D eigenvalue weighted by atomic mass is 32.2. The van der Waals surface area contributed by atoms with Crippen molar-refractivity contribution in [1.82, 2.24) is 9.62 Å². The molecule has 1 amide bonds. The number of carbonyl (C=O) groups is 1. The zero-order chi connectivity index (χ0) is 21.7. The van der Waals surface area contributed by atoms with Crippen molar-refractivity contribution < 1.29 is 22.7 Å². The summed E-state index contributed by atoms with van der Waals surface area (Å²) >= 11 is 0. The summed E-state index contributed by atoms with van der Waals surface area (Å²) in [5.41, 5.74) is 2.19. The molecule has 0 saturated heterocycles. The van der Waals surface area contributed by atoms with Gasteiger partial charge in [-0.3, -0.25) is 4.79 Å². The summed E-state index contributed by atoms with van der Waals surface area (Å²) in [5, 5.41) is 0.